The number of allylic oxidation sites excluding steroid dienone is 1. The maximum Gasteiger partial charge on any atom is 0.177 e. The number of ether oxygens (including phenoxy) is 2. The molecule has 0 aromatic heterocycles. The predicted molar refractivity (Wildman–Crippen MR) is 83.8 cm³/mol. The van der Waals surface area contributed by atoms with E-state index in [4.69, 9.17) is 9.47 Å². The highest BCUT2D eigenvalue weighted by atomic mass is 16.7. The molecule has 3 fully saturated rings. The van der Waals surface area contributed by atoms with Crippen molar-refractivity contribution in [3.8, 4) is 0 Å². The highest BCUT2D eigenvalue weighted by Crippen LogP contribution is 2.62. The summed E-state index contributed by atoms with van der Waals surface area (Å²) < 4.78 is 13.2. The number of hydrogen-bond acceptors (Lipinski definition) is 2. The van der Waals surface area contributed by atoms with Crippen molar-refractivity contribution in [2.45, 2.75) is 65.6 Å². The van der Waals surface area contributed by atoms with Crippen molar-refractivity contribution in [2.24, 2.45) is 28.6 Å². The van der Waals surface area contributed by atoms with Gasteiger partial charge in [0.25, 0.3) is 0 Å². The van der Waals surface area contributed by atoms with Crippen LogP contribution < -0.4 is 0 Å². The molecule has 2 heteroatoms. The minimum Gasteiger partial charge on any atom is -0.348 e. The summed E-state index contributed by atoms with van der Waals surface area (Å²) in [6.07, 6.45) is 8.85. The lowest BCUT2D eigenvalue weighted by molar-refractivity contribution is -0.350. The Hall–Kier alpha value is -0.340. The molecule has 118 valence electrons. The molecule has 1 aliphatic heterocycles. The Morgan fingerprint density at radius 2 is 1.71 bits per heavy atom. The molecule has 0 unspecified atom stereocenters. The van der Waals surface area contributed by atoms with Gasteiger partial charge in [-0.3, -0.25) is 0 Å². The van der Waals surface area contributed by atoms with E-state index in [9.17, 15) is 0 Å². The monoisotopic (exact) mass is 290 g/mol. The predicted octanol–water partition coefficient (Wildman–Crippen LogP) is 4.55. The fraction of sp³-hybridized carbons (Fsp3) is 0.895. The van der Waals surface area contributed by atoms with E-state index >= 15 is 0 Å². The smallest absolute Gasteiger partial charge is 0.177 e. The van der Waals surface area contributed by atoms with Gasteiger partial charge in [0.15, 0.2) is 5.79 Å². The van der Waals surface area contributed by atoms with Crippen molar-refractivity contribution in [3.63, 3.8) is 0 Å². The van der Waals surface area contributed by atoms with E-state index in [1.54, 1.807) is 5.57 Å². The van der Waals surface area contributed by atoms with Gasteiger partial charge in [-0.1, -0.05) is 39.3 Å². The van der Waals surface area contributed by atoms with Crippen LogP contribution in [-0.4, -0.2) is 19.0 Å². The van der Waals surface area contributed by atoms with Gasteiger partial charge in [0, 0.05) is 17.3 Å². The first kappa shape index (κ1) is 14.3. The average molecular weight is 290 g/mol. The van der Waals surface area contributed by atoms with E-state index in [1.807, 2.05) is 0 Å². The van der Waals surface area contributed by atoms with Gasteiger partial charge in [0.2, 0.25) is 0 Å². The molecule has 4 aliphatic rings. The van der Waals surface area contributed by atoms with E-state index in [0.29, 0.717) is 17.3 Å². The fourth-order valence-electron chi connectivity index (χ4n) is 5.51. The van der Waals surface area contributed by atoms with Gasteiger partial charge in [0.1, 0.15) is 0 Å². The summed E-state index contributed by atoms with van der Waals surface area (Å²) in [5, 5.41) is 0. The minimum atomic E-state index is -0.297. The second-order valence-electron chi connectivity index (χ2n) is 9.52. The number of rotatable bonds is 0. The van der Waals surface area contributed by atoms with Gasteiger partial charge < -0.3 is 9.47 Å². The lowest BCUT2D eigenvalue weighted by Crippen LogP contribution is -2.59. The Balaban J connectivity index is 1.70. The second-order valence-corrected chi connectivity index (χ2v) is 9.52. The van der Waals surface area contributed by atoms with Gasteiger partial charge in [-0.15, -0.1) is 0 Å². The molecule has 0 N–H and O–H groups in total. The van der Waals surface area contributed by atoms with Crippen LogP contribution in [-0.2, 0) is 9.47 Å². The molecule has 1 heterocycles. The summed E-state index contributed by atoms with van der Waals surface area (Å²) in [5.74, 6) is 1.60. The van der Waals surface area contributed by atoms with Gasteiger partial charge in [-0.05, 0) is 43.4 Å². The van der Waals surface area contributed by atoms with Crippen LogP contribution in [0.15, 0.2) is 11.6 Å². The fourth-order valence-corrected chi connectivity index (χ4v) is 5.51. The van der Waals surface area contributed by atoms with E-state index in [2.05, 4.69) is 33.8 Å². The summed E-state index contributed by atoms with van der Waals surface area (Å²) in [5.41, 5.74) is 2.25. The minimum absolute atomic E-state index is 0.162. The Bertz CT molecular complexity index is 464. The van der Waals surface area contributed by atoms with E-state index < -0.39 is 0 Å². The molecule has 0 radical (unpaired) electrons. The first-order valence-electron chi connectivity index (χ1n) is 8.78. The molecule has 3 aliphatic carbocycles. The SMILES string of the molecule is CC1(C)COC2(OC1)[C@H]1CCC=C1C[C@@H]1CC(C)(C)C[C@@H]12. The third kappa shape index (κ3) is 2.13. The molecular weight excluding hydrogens is 260 g/mol. The lowest BCUT2D eigenvalue weighted by Gasteiger charge is -2.54. The zero-order valence-corrected chi connectivity index (χ0v) is 14.1. The van der Waals surface area contributed by atoms with Crippen LogP contribution in [0.4, 0.5) is 0 Å². The largest absolute Gasteiger partial charge is 0.348 e. The average Bonchev–Trinajstić information content (AvgIpc) is 2.96. The summed E-state index contributed by atoms with van der Waals surface area (Å²) >= 11 is 0. The highest BCUT2D eigenvalue weighted by molar-refractivity contribution is 5.24. The van der Waals surface area contributed by atoms with Crippen LogP contribution in [0, 0.1) is 28.6 Å². The molecule has 0 aromatic carbocycles. The molecule has 21 heavy (non-hydrogen) atoms. The number of hydrogen-bond donors (Lipinski definition) is 0. The third-order valence-electron chi connectivity index (χ3n) is 6.34. The van der Waals surface area contributed by atoms with Gasteiger partial charge in [-0.2, -0.15) is 0 Å². The highest BCUT2D eigenvalue weighted by Gasteiger charge is 2.61. The van der Waals surface area contributed by atoms with Crippen LogP contribution >= 0.6 is 0 Å². The van der Waals surface area contributed by atoms with Crippen molar-refractivity contribution < 1.29 is 9.47 Å². The molecule has 3 atom stereocenters. The second kappa shape index (κ2) is 4.35. The van der Waals surface area contributed by atoms with Gasteiger partial charge >= 0.3 is 0 Å². The molecule has 2 nitrogen and oxygen atoms in total. The van der Waals surface area contributed by atoms with Crippen LogP contribution in [0.2, 0.25) is 0 Å². The van der Waals surface area contributed by atoms with Crippen LogP contribution in [0.5, 0.6) is 0 Å². The first-order chi connectivity index (χ1) is 9.81. The zero-order valence-electron chi connectivity index (χ0n) is 14.1. The first-order valence-corrected chi connectivity index (χ1v) is 8.78. The molecule has 0 amide bonds. The summed E-state index contributed by atoms with van der Waals surface area (Å²) in [6.45, 7) is 11.1. The maximum atomic E-state index is 6.58. The van der Waals surface area contributed by atoms with Crippen LogP contribution in [0.3, 0.4) is 0 Å². The number of fused-ring (bicyclic) bond motifs is 4. The molecule has 2 saturated carbocycles. The van der Waals surface area contributed by atoms with Crippen molar-refractivity contribution in [1.82, 2.24) is 0 Å². The topological polar surface area (TPSA) is 18.5 Å². The molecule has 0 bridgehead atoms. The van der Waals surface area contributed by atoms with E-state index in [1.165, 1.54) is 32.1 Å². The summed E-state index contributed by atoms with van der Waals surface area (Å²) in [6, 6.07) is 0. The normalized spacial score (nSPS) is 42.5. The van der Waals surface area contributed by atoms with Crippen molar-refractivity contribution in [2.75, 3.05) is 13.2 Å². The maximum absolute atomic E-state index is 6.58. The molecule has 4 rings (SSSR count). The van der Waals surface area contributed by atoms with Crippen molar-refractivity contribution in [3.05, 3.63) is 11.6 Å². The molecule has 1 saturated heterocycles. The Morgan fingerprint density at radius 1 is 1.00 bits per heavy atom. The Kier molecular flexibility index (Phi) is 2.96. The third-order valence-corrected chi connectivity index (χ3v) is 6.34. The quantitative estimate of drug-likeness (QED) is 0.609. The standard InChI is InChI=1S/C19H30O2/c1-17(2)9-14-8-13-6-5-7-15(13)19(16(14)10-17)20-11-18(3,4)12-21-19/h6,14-16H,5,7-12H2,1-4H3/t14-,15+,16+/m1/s1. The van der Waals surface area contributed by atoms with E-state index in [-0.39, 0.29) is 11.2 Å². The van der Waals surface area contributed by atoms with Crippen molar-refractivity contribution in [1.29, 1.82) is 0 Å². The van der Waals surface area contributed by atoms with Crippen LogP contribution in [0.1, 0.15) is 59.8 Å². The molecular formula is C19H30O2. The lowest BCUT2D eigenvalue weighted by atomic mass is 9.68. The Labute approximate surface area is 129 Å². The Morgan fingerprint density at radius 3 is 2.43 bits per heavy atom. The molecule has 0 aromatic rings. The van der Waals surface area contributed by atoms with Gasteiger partial charge in [-0.25, -0.2) is 0 Å². The summed E-state index contributed by atoms with van der Waals surface area (Å²) in [4.78, 5) is 0. The zero-order chi connectivity index (χ0) is 14.9. The van der Waals surface area contributed by atoms with Gasteiger partial charge in [0.05, 0.1) is 13.2 Å². The van der Waals surface area contributed by atoms with Crippen LogP contribution in [0.25, 0.3) is 0 Å². The summed E-state index contributed by atoms with van der Waals surface area (Å²) in [7, 11) is 0. The van der Waals surface area contributed by atoms with Crippen molar-refractivity contribution >= 4 is 0 Å². The molecule has 1 spiro atoms. The van der Waals surface area contributed by atoms with E-state index in [0.717, 1.165) is 19.1 Å².